The summed E-state index contributed by atoms with van der Waals surface area (Å²) in [4.78, 5) is 4.10. The van der Waals surface area contributed by atoms with Crippen LogP contribution in [0.4, 0.5) is 4.39 Å². The Kier molecular flexibility index (Phi) is 3.74. The summed E-state index contributed by atoms with van der Waals surface area (Å²) in [7, 11) is 0. The van der Waals surface area contributed by atoms with Gasteiger partial charge in [-0.1, -0.05) is 6.92 Å². The Bertz CT molecular complexity index is 368. The van der Waals surface area contributed by atoms with E-state index in [2.05, 4.69) is 31.1 Å². The average molecular weight is 238 g/mol. The molecule has 0 saturated carbocycles. The third kappa shape index (κ3) is 2.82. The summed E-state index contributed by atoms with van der Waals surface area (Å²) in [5.41, 5.74) is 0.785. The lowest BCUT2D eigenvalue weighted by Gasteiger charge is -2.23. The monoisotopic (exact) mass is 238 g/mol. The van der Waals surface area contributed by atoms with Crippen molar-refractivity contribution >= 4 is 0 Å². The van der Waals surface area contributed by atoms with Gasteiger partial charge in [0.1, 0.15) is 11.9 Å². The van der Waals surface area contributed by atoms with Crippen LogP contribution in [0.15, 0.2) is 18.3 Å². The zero-order valence-corrected chi connectivity index (χ0v) is 10.5. The summed E-state index contributed by atoms with van der Waals surface area (Å²) in [5.74, 6) is 0.146. The van der Waals surface area contributed by atoms with E-state index in [9.17, 15) is 4.39 Å². The highest BCUT2D eigenvalue weighted by Crippen LogP contribution is 2.25. The van der Waals surface area contributed by atoms with Crippen LogP contribution in [0.25, 0.3) is 0 Å². The second-order valence-corrected chi connectivity index (χ2v) is 4.88. The smallest absolute Gasteiger partial charge is 0.141 e. The molecule has 94 valence electrons. The van der Waals surface area contributed by atoms with Crippen LogP contribution in [0.5, 0.6) is 0 Å². The highest BCUT2D eigenvalue weighted by Gasteiger charge is 2.28. The minimum Gasteiger partial charge on any atom is -0.370 e. The molecule has 0 aliphatic carbocycles. The predicted molar refractivity (Wildman–Crippen MR) is 64.1 cm³/mol. The van der Waals surface area contributed by atoms with Crippen molar-refractivity contribution in [3.05, 3.63) is 29.8 Å². The quantitative estimate of drug-likeness (QED) is 0.815. The molecule has 2 rings (SSSR count). The van der Waals surface area contributed by atoms with E-state index in [4.69, 9.17) is 4.74 Å². The Morgan fingerprint density at radius 2 is 2.06 bits per heavy atom. The number of pyridine rings is 1. The number of aromatic nitrogens is 1. The maximum absolute atomic E-state index is 12.8. The van der Waals surface area contributed by atoms with Gasteiger partial charge >= 0.3 is 0 Å². The highest BCUT2D eigenvalue weighted by atomic mass is 19.1. The van der Waals surface area contributed by atoms with Gasteiger partial charge in [-0.05, 0) is 31.9 Å². The first-order valence-corrected chi connectivity index (χ1v) is 6.07. The number of ether oxygens (including phenoxy) is 1. The lowest BCUT2D eigenvalue weighted by molar-refractivity contribution is 0.0302. The van der Waals surface area contributed by atoms with Crippen molar-refractivity contribution in [3.8, 4) is 0 Å². The number of nitrogens with one attached hydrogen (secondary N) is 1. The van der Waals surface area contributed by atoms with Gasteiger partial charge in [-0.2, -0.15) is 0 Å². The molecule has 1 saturated heterocycles. The first kappa shape index (κ1) is 12.5. The molecule has 1 aromatic rings. The maximum Gasteiger partial charge on any atom is 0.141 e. The molecule has 0 radical (unpaired) electrons. The molecule has 1 aromatic heterocycles. The number of nitrogens with zero attached hydrogens (tertiary/aromatic N) is 1. The Morgan fingerprint density at radius 1 is 1.29 bits per heavy atom. The normalized spacial score (nSPS) is 34.4. The van der Waals surface area contributed by atoms with E-state index in [1.165, 1.54) is 12.3 Å². The zero-order chi connectivity index (χ0) is 12.4. The van der Waals surface area contributed by atoms with Gasteiger partial charge in [0, 0.05) is 12.1 Å². The van der Waals surface area contributed by atoms with Crippen LogP contribution in [0.1, 0.15) is 32.6 Å². The van der Waals surface area contributed by atoms with Crippen LogP contribution >= 0.6 is 0 Å². The Balaban J connectivity index is 2.17. The zero-order valence-electron chi connectivity index (χ0n) is 10.5. The van der Waals surface area contributed by atoms with Gasteiger partial charge in [-0.15, -0.1) is 0 Å². The molecule has 0 aromatic carbocycles. The van der Waals surface area contributed by atoms with Gasteiger partial charge in [0.15, 0.2) is 0 Å². The summed E-state index contributed by atoms with van der Waals surface area (Å²) in [6.45, 7) is 7.09. The van der Waals surface area contributed by atoms with Crippen LogP contribution in [0.3, 0.4) is 0 Å². The van der Waals surface area contributed by atoms with Gasteiger partial charge < -0.3 is 10.1 Å². The Labute approximate surface area is 101 Å². The highest BCUT2D eigenvalue weighted by molar-refractivity contribution is 5.11. The molecular weight excluding hydrogens is 219 g/mol. The lowest BCUT2D eigenvalue weighted by atomic mass is 10.0. The Hall–Kier alpha value is -1.00. The molecule has 2 heterocycles. The molecule has 0 bridgehead atoms. The molecule has 1 aliphatic heterocycles. The van der Waals surface area contributed by atoms with E-state index in [-0.39, 0.29) is 18.0 Å². The topological polar surface area (TPSA) is 34.1 Å². The second kappa shape index (κ2) is 5.10. The van der Waals surface area contributed by atoms with Crippen LogP contribution < -0.4 is 5.32 Å². The SMILES string of the molecule is CC1COC(c2ccc(F)cn2)C(C)NC1C. The molecule has 1 fully saturated rings. The van der Waals surface area contributed by atoms with Gasteiger partial charge in [0.2, 0.25) is 0 Å². The van der Waals surface area contributed by atoms with Crippen molar-refractivity contribution in [3.63, 3.8) is 0 Å². The van der Waals surface area contributed by atoms with Crippen LogP contribution in [-0.2, 0) is 4.74 Å². The molecule has 0 amide bonds. The van der Waals surface area contributed by atoms with E-state index in [0.717, 1.165) is 5.69 Å². The first-order valence-electron chi connectivity index (χ1n) is 6.07. The lowest BCUT2D eigenvalue weighted by Crippen LogP contribution is -2.39. The van der Waals surface area contributed by atoms with Crippen molar-refractivity contribution in [2.75, 3.05) is 6.61 Å². The van der Waals surface area contributed by atoms with E-state index in [1.54, 1.807) is 6.07 Å². The fraction of sp³-hybridized carbons (Fsp3) is 0.615. The summed E-state index contributed by atoms with van der Waals surface area (Å²) < 4.78 is 18.7. The van der Waals surface area contributed by atoms with E-state index in [1.807, 2.05) is 0 Å². The summed E-state index contributed by atoms with van der Waals surface area (Å²) in [6.07, 6.45) is 1.13. The van der Waals surface area contributed by atoms with Gasteiger partial charge in [0.25, 0.3) is 0 Å². The van der Waals surface area contributed by atoms with Crippen LogP contribution in [-0.4, -0.2) is 23.7 Å². The largest absolute Gasteiger partial charge is 0.370 e. The van der Waals surface area contributed by atoms with Gasteiger partial charge in [-0.25, -0.2) is 4.39 Å². The molecular formula is C13H19FN2O. The predicted octanol–water partition coefficient (Wildman–Crippen LogP) is 2.29. The van der Waals surface area contributed by atoms with Gasteiger partial charge in [-0.3, -0.25) is 4.98 Å². The van der Waals surface area contributed by atoms with Crippen molar-refractivity contribution in [1.82, 2.24) is 10.3 Å². The third-order valence-corrected chi connectivity index (χ3v) is 3.41. The number of halogens is 1. The van der Waals surface area contributed by atoms with Gasteiger partial charge in [0.05, 0.1) is 18.5 Å². The molecule has 1 aliphatic rings. The minimum absolute atomic E-state index is 0.108. The van der Waals surface area contributed by atoms with Crippen molar-refractivity contribution in [2.45, 2.75) is 39.0 Å². The Morgan fingerprint density at radius 3 is 2.71 bits per heavy atom. The maximum atomic E-state index is 12.8. The molecule has 1 N–H and O–H groups in total. The molecule has 4 unspecified atom stereocenters. The first-order chi connectivity index (χ1) is 8.08. The number of rotatable bonds is 1. The second-order valence-electron chi connectivity index (χ2n) is 4.88. The van der Waals surface area contributed by atoms with Crippen molar-refractivity contribution in [1.29, 1.82) is 0 Å². The molecule has 4 heteroatoms. The third-order valence-electron chi connectivity index (χ3n) is 3.41. The number of hydrogen-bond donors (Lipinski definition) is 1. The molecule has 3 nitrogen and oxygen atoms in total. The van der Waals surface area contributed by atoms with E-state index in [0.29, 0.717) is 18.6 Å². The van der Waals surface area contributed by atoms with E-state index >= 15 is 0 Å². The van der Waals surface area contributed by atoms with Crippen LogP contribution in [0.2, 0.25) is 0 Å². The van der Waals surface area contributed by atoms with E-state index < -0.39 is 0 Å². The van der Waals surface area contributed by atoms with Crippen LogP contribution in [0, 0.1) is 11.7 Å². The fourth-order valence-electron chi connectivity index (χ4n) is 2.11. The fourth-order valence-corrected chi connectivity index (χ4v) is 2.11. The molecule has 17 heavy (non-hydrogen) atoms. The average Bonchev–Trinajstić information content (AvgIpc) is 2.42. The molecule has 4 atom stereocenters. The standard InChI is InChI=1S/C13H19FN2O/c1-8-7-17-13(10(3)16-9(8)2)12-5-4-11(14)6-15-12/h4-6,8-10,13,16H,7H2,1-3H3. The molecule has 0 spiro atoms. The van der Waals surface area contributed by atoms with Crippen molar-refractivity contribution in [2.24, 2.45) is 5.92 Å². The van der Waals surface area contributed by atoms with Crippen molar-refractivity contribution < 1.29 is 9.13 Å². The minimum atomic E-state index is -0.315. The number of hydrogen-bond acceptors (Lipinski definition) is 3. The summed E-state index contributed by atoms with van der Waals surface area (Å²) in [6, 6.07) is 3.71. The summed E-state index contributed by atoms with van der Waals surface area (Å²) >= 11 is 0. The summed E-state index contributed by atoms with van der Waals surface area (Å²) in [5, 5.41) is 3.50.